The van der Waals surface area contributed by atoms with Crippen molar-refractivity contribution in [1.29, 1.82) is 0 Å². The summed E-state index contributed by atoms with van der Waals surface area (Å²) in [6.07, 6.45) is 0. The van der Waals surface area contributed by atoms with Crippen molar-refractivity contribution in [2.75, 3.05) is 0 Å². The number of hydrogen-bond donors (Lipinski definition) is 0. The molecule has 4 nitrogen and oxygen atoms in total. The van der Waals surface area contributed by atoms with Gasteiger partial charge in [0.05, 0.1) is 27.8 Å². The third kappa shape index (κ3) is 4.18. The first kappa shape index (κ1) is 29.9. The maximum atomic E-state index is 5.44. The average Bonchev–Trinajstić information content (AvgIpc) is 3.82. The molecule has 7 aromatic carbocycles. The van der Waals surface area contributed by atoms with E-state index in [0.717, 1.165) is 39.4 Å². The van der Waals surface area contributed by atoms with Crippen LogP contribution in [-0.4, -0.2) is 19.1 Å². The number of nitrogens with zero attached hydrogens (tertiary/aromatic N) is 4. The zero-order valence-electron chi connectivity index (χ0n) is 29.5. The van der Waals surface area contributed by atoms with Crippen LogP contribution in [0.25, 0.3) is 88.9 Å². The number of fused-ring (bicyclic) bond motifs is 12. The Kier molecular flexibility index (Phi) is 6.27. The van der Waals surface area contributed by atoms with Crippen molar-refractivity contribution in [2.45, 2.75) is 19.3 Å². The Hall–Kier alpha value is -6.78. The van der Waals surface area contributed by atoms with E-state index >= 15 is 0 Å². The molecule has 0 saturated carbocycles. The molecule has 3 aromatic heterocycles. The van der Waals surface area contributed by atoms with Crippen molar-refractivity contribution >= 4 is 43.6 Å². The van der Waals surface area contributed by atoms with Crippen molar-refractivity contribution in [3.8, 4) is 45.3 Å². The lowest BCUT2D eigenvalue weighted by molar-refractivity contribution is 0.664. The lowest BCUT2D eigenvalue weighted by atomic mass is 9.81. The minimum Gasteiger partial charge on any atom is -0.309 e. The molecule has 0 aliphatic heterocycles. The minimum atomic E-state index is -0.252. The number of benzene rings is 7. The summed E-state index contributed by atoms with van der Waals surface area (Å²) in [5.74, 6) is 1.54. The smallest absolute Gasteiger partial charge is 0.162 e. The summed E-state index contributed by atoms with van der Waals surface area (Å²) in [6, 6.07) is 60.6. The highest BCUT2D eigenvalue weighted by Crippen LogP contribution is 2.58. The molecule has 0 spiro atoms. The highest BCUT2D eigenvalue weighted by molar-refractivity contribution is 6.32. The minimum absolute atomic E-state index is 0.252. The molecule has 0 unspecified atom stereocenters. The number of hydrogen-bond acceptors (Lipinski definition) is 2. The van der Waals surface area contributed by atoms with E-state index in [-0.39, 0.29) is 5.41 Å². The molecule has 10 aromatic rings. The van der Waals surface area contributed by atoms with Gasteiger partial charge in [-0.05, 0) is 46.5 Å². The van der Waals surface area contributed by atoms with Crippen molar-refractivity contribution < 1.29 is 0 Å². The van der Waals surface area contributed by atoms with Crippen LogP contribution in [0.1, 0.15) is 25.0 Å². The van der Waals surface area contributed by atoms with E-state index in [1.165, 1.54) is 54.8 Å². The second-order valence-electron chi connectivity index (χ2n) is 14.6. The van der Waals surface area contributed by atoms with Crippen LogP contribution in [-0.2, 0) is 5.41 Å². The molecule has 0 atom stereocenters. The Morgan fingerprint density at radius 1 is 0.491 bits per heavy atom. The molecule has 0 amide bonds. The average molecular weight is 679 g/mol. The van der Waals surface area contributed by atoms with E-state index in [0.29, 0.717) is 5.82 Å². The summed E-state index contributed by atoms with van der Waals surface area (Å²) < 4.78 is 4.92. The fourth-order valence-corrected chi connectivity index (χ4v) is 9.05. The predicted molar refractivity (Wildman–Crippen MR) is 219 cm³/mol. The summed E-state index contributed by atoms with van der Waals surface area (Å²) in [6.45, 7) is 4.80. The van der Waals surface area contributed by atoms with Crippen LogP contribution in [0.2, 0.25) is 0 Å². The van der Waals surface area contributed by atoms with Crippen LogP contribution >= 0.6 is 0 Å². The van der Waals surface area contributed by atoms with E-state index in [4.69, 9.17) is 9.97 Å². The molecule has 11 rings (SSSR count). The number of rotatable bonds is 4. The normalized spacial score (nSPS) is 13.2. The SMILES string of the molecule is CC1(C)c2ccccc2-c2c1c1c(c3ccccc3n1-c1ccccc1)c1c2c2ccccc2n1-c1cc(-c2ccccc2)nc(-c2ccccc2)n1. The van der Waals surface area contributed by atoms with Crippen molar-refractivity contribution in [3.63, 3.8) is 0 Å². The summed E-state index contributed by atoms with van der Waals surface area (Å²) in [7, 11) is 0. The van der Waals surface area contributed by atoms with Crippen molar-refractivity contribution in [3.05, 3.63) is 181 Å². The molecule has 0 saturated heterocycles. The van der Waals surface area contributed by atoms with Gasteiger partial charge >= 0.3 is 0 Å². The fourth-order valence-electron chi connectivity index (χ4n) is 9.05. The van der Waals surface area contributed by atoms with E-state index in [1.54, 1.807) is 0 Å². The van der Waals surface area contributed by atoms with Gasteiger partial charge in [-0.15, -0.1) is 0 Å². The van der Waals surface area contributed by atoms with Gasteiger partial charge in [0.2, 0.25) is 0 Å². The molecule has 1 aliphatic carbocycles. The number of para-hydroxylation sites is 3. The largest absolute Gasteiger partial charge is 0.309 e. The lowest BCUT2D eigenvalue weighted by Gasteiger charge is -2.24. The Bertz CT molecular complexity index is 3000. The molecule has 53 heavy (non-hydrogen) atoms. The van der Waals surface area contributed by atoms with Crippen LogP contribution in [0, 0.1) is 0 Å². The Morgan fingerprint density at radius 2 is 1.06 bits per heavy atom. The molecule has 4 heteroatoms. The second-order valence-corrected chi connectivity index (χ2v) is 14.6. The van der Waals surface area contributed by atoms with Crippen molar-refractivity contribution in [1.82, 2.24) is 19.1 Å². The highest BCUT2D eigenvalue weighted by Gasteiger charge is 2.41. The first-order valence-corrected chi connectivity index (χ1v) is 18.3. The molecule has 0 radical (unpaired) electrons. The van der Waals surface area contributed by atoms with Crippen LogP contribution < -0.4 is 0 Å². The van der Waals surface area contributed by atoms with Gasteiger partial charge in [-0.3, -0.25) is 4.57 Å². The summed E-state index contributed by atoms with van der Waals surface area (Å²) in [4.78, 5) is 10.6. The van der Waals surface area contributed by atoms with Gasteiger partial charge in [0.25, 0.3) is 0 Å². The summed E-state index contributed by atoms with van der Waals surface area (Å²) in [5, 5.41) is 4.93. The molecular weight excluding hydrogens is 645 g/mol. The van der Waals surface area contributed by atoms with Crippen LogP contribution in [0.15, 0.2) is 170 Å². The first-order chi connectivity index (χ1) is 26.1. The zero-order chi connectivity index (χ0) is 35.3. The molecule has 1 aliphatic rings. The fraction of sp³-hybridized carbons (Fsp3) is 0.0612. The molecule has 250 valence electrons. The van der Waals surface area contributed by atoms with E-state index in [1.807, 2.05) is 6.07 Å². The molecule has 0 bridgehead atoms. The Labute approximate surface area is 307 Å². The lowest BCUT2D eigenvalue weighted by Crippen LogP contribution is -2.16. The standard InChI is InChI=1S/C49H34N4/c1-49(2)37-27-15-12-24-34(37)42-43-35-25-13-17-29-40(35)53(41-30-38(31-18-6-3-7-19-31)50-48(51-41)32-20-8-4-9-21-32)46(43)44-36-26-14-16-28-39(36)52(47(44)45(42)49)33-22-10-5-11-23-33/h3-30H,1-2H3. The van der Waals surface area contributed by atoms with Crippen LogP contribution in [0.4, 0.5) is 0 Å². The Balaban J connectivity index is 1.41. The molecular formula is C49H34N4. The third-order valence-corrected chi connectivity index (χ3v) is 11.3. The second kappa shape index (κ2) is 11.1. The van der Waals surface area contributed by atoms with Gasteiger partial charge in [0.15, 0.2) is 5.82 Å². The van der Waals surface area contributed by atoms with Gasteiger partial charge in [-0.25, -0.2) is 9.97 Å². The van der Waals surface area contributed by atoms with Crippen LogP contribution in [0.3, 0.4) is 0 Å². The summed E-state index contributed by atoms with van der Waals surface area (Å²) >= 11 is 0. The van der Waals surface area contributed by atoms with Crippen LogP contribution in [0.5, 0.6) is 0 Å². The van der Waals surface area contributed by atoms with Gasteiger partial charge in [-0.1, -0.05) is 153 Å². The monoisotopic (exact) mass is 678 g/mol. The molecule has 0 fully saturated rings. The first-order valence-electron chi connectivity index (χ1n) is 18.3. The van der Waals surface area contributed by atoms with E-state index in [2.05, 4.69) is 187 Å². The number of aromatic nitrogens is 4. The van der Waals surface area contributed by atoms with Gasteiger partial charge in [-0.2, -0.15) is 0 Å². The maximum Gasteiger partial charge on any atom is 0.162 e. The van der Waals surface area contributed by atoms with E-state index in [9.17, 15) is 0 Å². The molecule has 0 N–H and O–H groups in total. The highest BCUT2D eigenvalue weighted by atomic mass is 15.1. The van der Waals surface area contributed by atoms with Crippen molar-refractivity contribution in [2.24, 2.45) is 0 Å². The van der Waals surface area contributed by atoms with Gasteiger partial charge in [0, 0.05) is 49.8 Å². The van der Waals surface area contributed by atoms with E-state index < -0.39 is 0 Å². The Morgan fingerprint density at radius 3 is 1.77 bits per heavy atom. The maximum absolute atomic E-state index is 5.44. The zero-order valence-corrected chi connectivity index (χ0v) is 29.5. The topological polar surface area (TPSA) is 35.6 Å². The van der Waals surface area contributed by atoms with Gasteiger partial charge < -0.3 is 4.57 Å². The predicted octanol–water partition coefficient (Wildman–Crippen LogP) is 12.3. The molecule has 3 heterocycles. The summed E-state index contributed by atoms with van der Waals surface area (Å²) in [5.41, 5.74) is 13.8. The quantitative estimate of drug-likeness (QED) is 0.186. The third-order valence-electron chi connectivity index (χ3n) is 11.3. The van der Waals surface area contributed by atoms with Gasteiger partial charge in [0.1, 0.15) is 5.82 Å².